The summed E-state index contributed by atoms with van der Waals surface area (Å²) in [7, 11) is 0. The number of nitrogens with one attached hydrogen (secondary N) is 2. The minimum absolute atomic E-state index is 0.127. The minimum Gasteiger partial charge on any atom is -0.380 e. The third-order valence-electron chi connectivity index (χ3n) is 3.63. The summed E-state index contributed by atoms with van der Waals surface area (Å²) < 4.78 is 5.44. The molecule has 0 aliphatic carbocycles. The number of amides is 1. The van der Waals surface area contributed by atoms with E-state index in [1.807, 2.05) is 6.92 Å². The molecule has 3 unspecified atom stereocenters. The molecule has 0 bridgehead atoms. The van der Waals surface area contributed by atoms with Gasteiger partial charge in [0.15, 0.2) is 0 Å². The van der Waals surface area contributed by atoms with E-state index >= 15 is 0 Å². The highest BCUT2D eigenvalue weighted by Crippen LogP contribution is 2.17. The Balaban J connectivity index is 2.44. The minimum atomic E-state index is 0.127. The zero-order valence-corrected chi connectivity index (χ0v) is 12.2. The molecule has 1 heterocycles. The van der Waals surface area contributed by atoms with Crippen LogP contribution in [0.4, 0.5) is 0 Å². The fraction of sp³-hybridized carbons (Fsp3) is 0.929. The van der Waals surface area contributed by atoms with E-state index in [0.717, 1.165) is 19.4 Å². The van der Waals surface area contributed by atoms with Gasteiger partial charge in [0.2, 0.25) is 5.91 Å². The molecule has 3 atom stereocenters. The van der Waals surface area contributed by atoms with Crippen LogP contribution < -0.4 is 10.6 Å². The van der Waals surface area contributed by atoms with Gasteiger partial charge in [-0.25, -0.2) is 0 Å². The van der Waals surface area contributed by atoms with E-state index in [1.54, 1.807) is 0 Å². The maximum atomic E-state index is 12.2. The van der Waals surface area contributed by atoms with Crippen molar-refractivity contribution < 1.29 is 9.53 Å². The van der Waals surface area contributed by atoms with Crippen molar-refractivity contribution in [2.24, 2.45) is 11.8 Å². The molecule has 0 spiro atoms. The Morgan fingerprint density at radius 1 is 1.50 bits per heavy atom. The quantitative estimate of drug-likeness (QED) is 0.758. The first-order valence-corrected chi connectivity index (χ1v) is 7.16. The third-order valence-corrected chi connectivity index (χ3v) is 3.63. The summed E-state index contributed by atoms with van der Waals surface area (Å²) in [5, 5.41) is 6.52. The molecule has 0 saturated carbocycles. The monoisotopic (exact) mass is 256 g/mol. The molecule has 1 amide bonds. The lowest BCUT2D eigenvalue weighted by molar-refractivity contribution is -0.127. The Kier molecular flexibility index (Phi) is 6.65. The Morgan fingerprint density at radius 3 is 2.78 bits per heavy atom. The molecule has 1 rings (SSSR count). The molecule has 1 aliphatic rings. The summed E-state index contributed by atoms with van der Waals surface area (Å²) in [6.45, 7) is 10.6. The first-order valence-electron chi connectivity index (χ1n) is 7.16. The van der Waals surface area contributed by atoms with Gasteiger partial charge in [-0.3, -0.25) is 4.79 Å². The smallest absolute Gasteiger partial charge is 0.223 e. The van der Waals surface area contributed by atoms with Crippen LogP contribution >= 0.6 is 0 Å². The highest BCUT2D eigenvalue weighted by molar-refractivity contribution is 5.79. The molecule has 1 aliphatic heterocycles. The van der Waals surface area contributed by atoms with Gasteiger partial charge in [-0.15, -0.1) is 0 Å². The van der Waals surface area contributed by atoms with Crippen LogP contribution in [0.25, 0.3) is 0 Å². The molecule has 4 heteroatoms. The second-order valence-corrected chi connectivity index (χ2v) is 5.60. The molecule has 0 aromatic heterocycles. The maximum Gasteiger partial charge on any atom is 0.223 e. The topological polar surface area (TPSA) is 50.4 Å². The predicted octanol–water partition coefficient (Wildman–Crippen LogP) is 1.55. The highest BCUT2D eigenvalue weighted by atomic mass is 16.5. The molecule has 0 radical (unpaired) electrons. The largest absolute Gasteiger partial charge is 0.380 e. The summed E-state index contributed by atoms with van der Waals surface area (Å²) in [5.41, 5.74) is 0. The average molecular weight is 256 g/mol. The molecular formula is C14H28N2O2. The average Bonchev–Trinajstić information content (AvgIpc) is 2.33. The summed E-state index contributed by atoms with van der Waals surface area (Å²) in [6.07, 6.45) is 1.88. The van der Waals surface area contributed by atoms with Crippen molar-refractivity contribution in [3.05, 3.63) is 0 Å². The van der Waals surface area contributed by atoms with Gasteiger partial charge < -0.3 is 15.4 Å². The van der Waals surface area contributed by atoms with Gasteiger partial charge in [0, 0.05) is 18.6 Å². The van der Waals surface area contributed by atoms with Crippen molar-refractivity contribution in [2.75, 3.05) is 19.8 Å². The van der Waals surface area contributed by atoms with E-state index < -0.39 is 0 Å². The van der Waals surface area contributed by atoms with Gasteiger partial charge in [0.25, 0.3) is 0 Å². The predicted molar refractivity (Wildman–Crippen MR) is 73.5 cm³/mol. The number of hydrogen-bond donors (Lipinski definition) is 2. The lowest BCUT2D eigenvalue weighted by atomic mass is 9.92. The molecule has 1 fully saturated rings. The Bertz CT molecular complexity index is 256. The fourth-order valence-electron chi connectivity index (χ4n) is 2.32. The molecule has 4 nitrogen and oxygen atoms in total. The van der Waals surface area contributed by atoms with Crippen LogP contribution in [0.5, 0.6) is 0 Å². The van der Waals surface area contributed by atoms with E-state index in [-0.39, 0.29) is 17.9 Å². The van der Waals surface area contributed by atoms with Gasteiger partial charge in [-0.05, 0) is 39.2 Å². The van der Waals surface area contributed by atoms with Gasteiger partial charge in [0.05, 0.1) is 12.6 Å². The lowest BCUT2D eigenvalue weighted by Gasteiger charge is -2.30. The van der Waals surface area contributed by atoms with Crippen molar-refractivity contribution >= 4 is 5.91 Å². The zero-order chi connectivity index (χ0) is 13.5. The molecular weight excluding hydrogens is 228 g/mol. The standard InChI is InChI=1S/C14H28N2O2/c1-5-18-9-13(10(2)3)16-14(17)12-6-7-15-11(4)8-12/h10-13,15H,5-9H2,1-4H3,(H,16,17). The summed E-state index contributed by atoms with van der Waals surface area (Å²) in [5.74, 6) is 0.755. The Labute approximate surface area is 111 Å². The van der Waals surface area contributed by atoms with E-state index in [2.05, 4.69) is 31.4 Å². The first kappa shape index (κ1) is 15.4. The van der Waals surface area contributed by atoms with Gasteiger partial charge in [-0.1, -0.05) is 13.8 Å². The summed E-state index contributed by atoms with van der Waals surface area (Å²) in [4.78, 5) is 12.2. The van der Waals surface area contributed by atoms with Crippen LogP contribution in [0.15, 0.2) is 0 Å². The van der Waals surface area contributed by atoms with Crippen LogP contribution in [0.3, 0.4) is 0 Å². The van der Waals surface area contributed by atoms with E-state index in [9.17, 15) is 4.79 Å². The van der Waals surface area contributed by atoms with Crippen molar-refractivity contribution in [2.45, 2.75) is 52.6 Å². The van der Waals surface area contributed by atoms with Crippen molar-refractivity contribution in [3.63, 3.8) is 0 Å². The fourth-order valence-corrected chi connectivity index (χ4v) is 2.32. The second-order valence-electron chi connectivity index (χ2n) is 5.60. The molecule has 1 saturated heterocycles. The number of piperidine rings is 1. The number of carbonyl (C=O) groups excluding carboxylic acids is 1. The van der Waals surface area contributed by atoms with Crippen LogP contribution in [0.2, 0.25) is 0 Å². The van der Waals surface area contributed by atoms with E-state index in [4.69, 9.17) is 4.74 Å². The SMILES string of the molecule is CCOCC(NC(=O)C1CCNC(C)C1)C(C)C. The Hall–Kier alpha value is -0.610. The normalized spacial score (nSPS) is 26.1. The van der Waals surface area contributed by atoms with Crippen LogP contribution in [-0.2, 0) is 9.53 Å². The Morgan fingerprint density at radius 2 is 2.22 bits per heavy atom. The molecule has 0 aromatic rings. The molecule has 106 valence electrons. The molecule has 18 heavy (non-hydrogen) atoms. The van der Waals surface area contributed by atoms with Gasteiger partial charge in [0.1, 0.15) is 0 Å². The zero-order valence-electron chi connectivity index (χ0n) is 12.2. The van der Waals surface area contributed by atoms with E-state index in [1.165, 1.54) is 0 Å². The number of rotatable bonds is 6. The van der Waals surface area contributed by atoms with Crippen LogP contribution in [0.1, 0.15) is 40.5 Å². The first-order chi connectivity index (χ1) is 8.54. The van der Waals surface area contributed by atoms with Gasteiger partial charge in [-0.2, -0.15) is 0 Å². The third kappa shape index (κ3) is 4.94. The summed E-state index contributed by atoms with van der Waals surface area (Å²) in [6, 6.07) is 0.571. The maximum absolute atomic E-state index is 12.2. The lowest BCUT2D eigenvalue weighted by Crippen LogP contribution is -2.48. The summed E-state index contributed by atoms with van der Waals surface area (Å²) >= 11 is 0. The highest BCUT2D eigenvalue weighted by Gasteiger charge is 2.27. The molecule has 2 N–H and O–H groups in total. The number of carbonyl (C=O) groups is 1. The van der Waals surface area contributed by atoms with Crippen molar-refractivity contribution in [1.82, 2.24) is 10.6 Å². The number of hydrogen-bond acceptors (Lipinski definition) is 3. The second kappa shape index (κ2) is 7.74. The van der Waals surface area contributed by atoms with Gasteiger partial charge >= 0.3 is 0 Å². The molecule has 0 aromatic carbocycles. The van der Waals surface area contributed by atoms with E-state index in [0.29, 0.717) is 25.2 Å². The van der Waals surface area contributed by atoms with Crippen molar-refractivity contribution in [3.8, 4) is 0 Å². The van der Waals surface area contributed by atoms with Crippen molar-refractivity contribution in [1.29, 1.82) is 0 Å². The number of ether oxygens (including phenoxy) is 1. The van der Waals surface area contributed by atoms with Crippen LogP contribution in [-0.4, -0.2) is 37.7 Å². The van der Waals surface area contributed by atoms with Crippen LogP contribution in [0, 0.1) is 11.8 Å².